The summed E-state index contributed by atoms with van der Waals surface area (Å²) in [7, 11) is 0. The normalized spacial score (nSPS) is 16.6. The molecule has 2 fully saturated rings. The molecule has 2 aliphatic rings. The Balaban J connectivity index is 0.000000375. The molecule has 17 heteroatoms. The minimum Gasteiger partial charge on any atom is -0.494 e. The van der Waals surface area contributed by atoms with Crippen LogP contribution in [0.15, 0.2) is 111 Å². The second-order valence-corrected chi connectivity index (χ2v) is 19.2. The summed E-state index contributed by atoms with van der Waals surface area (Å²) in [5.74, 6) is 2.27. The number of aliphatic carboxylic acids is 1. The van der Waals surface area contributed by atoms with Gasteiger partial charge in [0, 0.05) is 18.2 Å². The van der Waals surface area contributed by atoms with Crippen LogP contribution in [0.25, 0.3) is 0 Å². The molecule has 3 aromatic rings. The molecule has 0 saturated heterocycles. The minimum atomic E-state index is -0.695. The highest BCUT2D eigenvalue weighted by Crippen LogP contribution is 2.32. The maximum absolute atomic E-state index is 12.8. The molecule has 0 aliphatic heterocycles. The van der Waals surface area contributed by atoms with Crippen molar-refractivity contribution in [1.82, 2.24) is 0 Å². The van der Waals surface area contributed by atoms with E-state index in [1.54, 1.807) is 24.3 Å². The van der Waals surface area contributed by atoms with Crippen LogP contribution >= 0.6 is 0 Å². The zero-order chi connectivity index (χ0) is 55.8. The number of ether oxygens (including phenoxy) is 7. The van der Waals surface area contributed by atoms with E-state index >= 15 is 0 Å². The van der Waals surface area contributed by atoms with Crippen LogP contribution in [-0.2, 0) is 48.0 Å². The van der Waals surface area contributed by atoms with Crippen molar-refractivity contribution in [1.29, 1.82) is 0 Å². The lowest BCUT2D eigenvalue weighted by Crippen LogP contribution is -2.27. The number of benzene rings is 3. The molecule has 0 aromatic heterocycles. The predicted molar refractivity (Wildman–Crippen MR) is 292 cm³/mol. The summed E-state index contributed by atoms with van der Waals surface area (Å²) in [5.41, 5.74) is 0. The number of carboxylic acids is 1. The molecule has 5 rings (SSSR count). The van der Waals surface area contributed by atoms with Crippen LogP contribution in [0, 0.1) is 23.7 Å². The van der Waals surface area contributed by atoms with Gasteiger partial charge in [0.1, 0.15) is 23.0 Å². The maximum atomic E-state index is 12.8. The van der Waals surface area contributed by atoms with E-state index in [2.05, 4.69) is 19.7 Å². The average Bonchev–Trinajstić information content (AvgIpc) is 3.46. The van der Waals surface area contributed by atoms with Gasteiger partial charge in [-0.2, -0.15) is 9.78 Å². The molecule has 0 amide bonds. The molecule has 0 atom stereocenters. The first-order chi connectivity index (χ1) is 38.0. The summed E-state index contributed by atoms with van der Waals surface area (Å²) in [6, 6.07) is 21.7. The Morgan fingerprint density at radius 2 is 0.692 bits per heavy atom. The van der Waals surface area contributed by atoms with E-state index in [4.69, 9.17) is 57.8 Å². The van der Waals surface area contributed by atoms with Crippen molar-refractivity contribution in [2.24, 2.45) is 23.7 Å². The molecule has 2 aliphatic carbocycles. The number of hydrogen-bond acceptors (Lipinski definition) is 16. The molecule has 1 N–H and O–H groups in total. The maximum Gasteiger partial charge on any atom is 0.330 e. The highest BCUT2D eigenvalue weighted by molar-refractivity contribution is 5.81. The van der Waals surface area contributed by atoms with Gasteiger partial charge in [0.15, 0.2) is 11.5 Å². The highest BCUT2D eigenvalue weighted by Gasteiger charge is 2.29. The van der Waals surface area contributed by atoms with Crippen molar-refractivity contribution in [2.45, 2.75) is 128 Å². The van der Waals surface area contributed by atoms with E-state index in [0.29, 0.717) is 94.8 Å². The Hall–Kier alpha value is -6.85. The fourth-order valence-corrected chi connectivity index (χ4v) is 8.46. The van der Waals surface area contributed by atoms with Crippen LogP contribution in [0.1, 0.15) is 128 Å². The van der Waals surface area contributed by atoms with E-state index in [0.717, 1.165) is 133 Å². The Kier molecular flexibility index (Phi) is 32.3. The lowest BCUT2D eigenvalue weighted by molar-refractivity contribution is -0.218. The van der Waals surface area contributed by atoms with Crippen LogP contribution in [-0.4, -0.2) is 87.8 Å². The number of rotatable bonds is 38. The summed E-state index contributed by atoms with van der Waals surface area (Å²) >= 11 is 0. The minimum absolute atomic E-state index is 0.132. The Morgan fingerprint density at radius 1 is 0.397 bits per heavy atom. The molecular formula is C61H82O17. The van der Waals surface area contributed by atoms with E-state index in [1.807, 2.05) is 48.5 Å². The van der Waals surface area contributed by atoms with Crippen molar-refractivity contribution < 1.29 is 81.8 Å². The fourth-order valence-electron chi connectivity index (χ4n) is 8.46. The molecule has 0 bridgehead atoms. The van der Waals surface area contributed by atoms with Gasteiger partial charge in [-0.3, -0.25) is 9.59 Å². The lowest BCUT2D eigenvalue weighted by atomic mass is 9.82. The van der Waals surface area contributed by atoms with Crippen LogP contribution in [0.4, 0.5) is 0 Å². The molecule has 78 heavy (non-hydrogen) atoms. The van der Waals surface area contributed by atoms with Crippen molar-refractivity contribution in [3.8, 4) is 34.5 Å². The molecule has 0 spiro atoms. The van der Waals surface area contributed by atoms with E-state index in [1.165, 1.54) is 18.2 Å². The van der Waals surface area contributed by atoms with Gasteiger partial charge in [-0.25, -0.2) is 14.4 Å². The number of carbonyl (C=O) groups excluding carboxylic acids is 4. The third-order valence-electron chi connectivity index (χ3n) is 13.1. The van der Waals surface area contributed by atoms with Gasteiger partial charge < -0.3 is 48.0 Å². The third-order valence-corrected chi connectivity index (χ3v) is 13.1. The van der Waals surface area contributed by atoms with Crippen LogP contribution in [0.2, 0.25) is 0 Å². The van der Waals surface area contributed by atoms with E-state index in [-0.39, 0.29) is 35.7 Å². The average molecular weight is 1090 g/mol. The summed E-state index contributed by atoms with van der Waals surface area (Å²) in [6.45, 7) is 14.1. The Bertz CT molecular complexity index is 2180. The van der Waals surface area contributed by atoms with Gasteiger partial charge in [-0.1, -0.05) is 19.7 Å². The standard InChI is InChI=1S/C38H50O10.C23H32O7/c1-3-36(39)44-27-11-7-5-9-25-42-32-17-21-34(22-18-32)47-38(41)31-15-13-30(14-16-31)29-46-48-35-23-19-33(20-24-35)43-26-10-6-8-12-28-45-37(40)4-2;1-2-22(24)28-16-6-4-3-5-15-27-20-11-13-21(14-12-20)30-29-17-18-7-9-19(10-8-18)23(25)26/h3-4,17-24,30-31H,1-2,5-16,25-29H2;2,11-14,18-19H,1,3-10,15-17H2,(H,25,26). The molecule has 0 heterocycles. The van der Waals surface area contributed by atoms with Gasteiger partial charge in [0.2, 0.25) is 0 Å². The highest BCUT2D eigenvalue weighted by atomic mass is 17.2. The van der Waals surface area contributed by atoms with Crippen molar-refractivity contribution in [3.05, 3.63) is 111 Å². The van der Waals surface area contributed by atoms with Gasteiger partial charge in [0.25, 0.3) is 0 Å². The number of hydrogen-bond donors (Lipinski definition) is 1. The van der Waals surface area contributed by atoms with Crippen LogP contribution in [0.5, 0.6) is 34.5 Å². The van der Waals surface area contributed by atoms with Gasteiger partial charge in [0.05, 0.1) is 64.7 Å². The molecule has 0 radical (unpaired) electrons. The van der Waals surface area contributed by atoms with Gasteiger partial charge >= 0.3 is 29.8 Å². The fraction of sp³-hybridized carbons (Fsp3) is 0.525. The van der Waals surface area contributed by atoms with E-state index in [9.17, 15) is 24.0 Å². The topological polar surface area (TPSA) is 207 Å². The zero-order valence-electron chi connectivity index (χ0n) is 45.4. The molecule has 17 nitrogen and oxygen atoms in total. The first-order valence-corrected chi connectivity index (χ1v) is 27.6. The first-order valence-electron chi connectivity index (χ1n) is 27.6. The number of esters is 4. The summed E-state index contributed by atoms with van der Waals surface area (Å²) < 4.78 is 37.8. The van der Waals surface area contributed by atoms with Crippen molar-refractivity contribution >= 4 is 29.8 Å². The smallest absolute Gasteiger partial charge is 0.330 e. The Labute approximate surface area is 460 Å². The summed E-state index contributed by atoms with van der Waals surface area (Å²) in [6.07, 6.45) is 21.0. The zero-order valence-corrected chi connectivity index (χ0v) is 45.4. The largest absolute Gasteiger partial charge is 0.494 e. The lowest BCUT2D eigenvalue weighted by Gasteiger charge is -2.26. The number of carboxylic acid groups (broad SMARTS) is 1. The second-order valence-electron chi connectivity index (χ2n) is 19.2. The number of carbonyl (C=O) groups is 5. The van der Waals surface area contributed by atoms with Crippen LogP contribution < -0.4 is 28.7 Å². The van der Waals surface area contributed by atoms with Crippen molar-refractivity contribution in [3.63, 3.8) is 0 Å². The molecule has 428 valence electrons. The second kappa shape index (κ2) is 39.5. The number of unbranched alkanes of at least 4 members (excludes halogenated alkanes) is 9. The van der Waals surface area contributed by atoms with Gasteiger partial charge in [-0.05, 0) is 213 Å². The summed E-state index contributed by atoms with van der Waals surface area (Å²) in [4.78, 5) is 78.3. The van der Waals surface area contributed by atoms with Gasteiger partial charge in [-0.15, -0.1) is 0 Å². The molecule has 3 aromatic carbocycles. The van der Waals surface area contributed by atoms with Crippen molar-refractivity contribution in [2.75, 3.05) is 52.9 Å². The molecule has 2 saturated carbocycles. The first kappa shape index (κ1) is 63.7. The van der Waals surface area contributed by atoms with Crippen LogP contribution in [0.3, 0.4) is 0 Å². The summed E-state index contributed by atoms with van der Waals surface area (Å²) in [5, 5.41) is 9.02. The molecule has 0 unspecified atom stereocenters. The predicted octanol–water partition coefficient (Wildman–Crippen LogP) is 12.3. The molecular weight excluding hydrogens is 1000 g/mol. The Morgan fingerprint density at radius 3 is 1.01 bits per heavy atom. The quantitative estimate of drug-likeness (QED) is 0.0108. The third kappa shape index (κ3) is 28.5. The monoisotopic (exact) mass is 1090 g/mol. The van der Waals surface area contributed by atoms with E-state index < -0.39 is 5.97 Å². The SMILES string of the molecule is C=CC(=O)OCCCCCCOc1ccc(OOCC2CCC(C(=O)O)CC2)cc1.C=CC(=O)OCCCCCCOc1ccc(OOCC2CCC(C(=O)Oc3ccc(OCCCCCCOC(=O)C=C)cc3)CC2)cc1.